The van der Waals surface area contributed by atoms with E-state index in [9.17, 15) is 26.4 Å². The van der Waals surface area contributed by atoms with Crippen LogP contribution in [0.3, 0.4) is 0 Å². The minimum absolute atomic E-state index is 0.0201. The lowest BCUT2D eigenvalue weighted by Gasteiger charge is -2.31. The van der Waals surface area contributed by atoms with Gasteiger partial charge in [-0.15, -0.1) is 11.3 Å². The van der Waals surface area contributed by atoms with E-state index in [1.54, 1.807) is 14.0 Å². The molecule has 0 spiro atoms. The summed E-state index contributed by atoms with van der Waals surface area (Å²) in [5.41, 5.74) is 4.06. The van der Waals surface area contributed by atoms with Crippen molar-refractivity contribution in [3.8, 4) is 10.6 Å². The van der Waals surface area contributed by atoms with Gasteiger partial charge in [0.05, 0.1) is 22.3 Å². The molecule has 35 heavy (non-hydrogen) atoms. The highest BCUT2D eigenvalue weighted by Gasteiger charge is 2.37. The summed E-state index contributed by atoms with van der Waals surface area (Å²) in [7, 11) is -2.06. The van der Waals surface area contributed by atoms with Crippen molar-refractivity contribution >= 4 is 33.2 Å². The van der Waals surface area contributed by atoms with E-state index in [2.05, 4.69) is 20.4 Å². The fourth-order valence-corrected chi connectivity index (χ4v) is 6.28. The Bertz CT molecular complexity index is 1360. The Balaban J connectivity index is 1.53. The Hall–Kier alpha value is -3.04. The number of aryl methyl sites for hydroxylation is 2. The zero-order valence-corrected chi connectivity index (χ0v) is 20.3. The summed E-state index contributed by atoms with van der Waals surface area (Å²) < 4.78 is 69.2. The third kappa shape index (κ3) is 5.16. The lowest BCUT2D eigenvalue weighted by Crippen LogP contribution is -2.42. The van der Waals surface area contributed by atoms with Crippen molar-refractivity contribution in [3.05, 3.63) is 40.7 Å². The molecule has 1 amide bonds. The van der Waals surface area contributed by atoms with Crippen LogP contribution < -0.4 is 11.1 Å². The van der Waals surface area contributed by atoms with Gasteiger partial charge in [0.2, 0.25) is 21.9 Å². The first-order chi connectivity index (χ1) is 16.4. The molecule has 1 aliphatic heterocycles. The highest BCUT2D eigenvalue weighted by atomic mass is 32.2. The Labute approximate surface area is 203 Å². The predicted octanol–water partition coefficient (Wildman–Crippen LogP) is 2.63. The van der Waals surface area contributed by atoms with Gasteiger partial charge >= 0.3 is 6.18 Å². The van der Waals surface area contributed by atoms with Crippen molar-refractivity contribution in [2.75, 3.05) is 18.4 Å². The lowest BCUT2D eigenvalue weighted by atomic mass is 10.1. The number of nitrogens with zero attached hydrogens (tertiary/aromatic N) is 5. The van der Waals surface area contributed by atoms with Crippen LogP contribution in [0.4, 0.5) is 19.1 Å². The van der Waals surface area contributed by atoms with Crippen LogP contribution in [0.5, 0.6) is 0 Å². The summed E-state index contributed by atoms with van der Waals surface area (Å²) in [5.74, 6) is -0.757. The van der Waals surface area contributed by atoms with Gasteiger partial charge in [0.1, 0.15) is 10.5 Å². The van der Waals surface area contributed by atoms with Crippen LogP contribution in [-0.4, -0.2) is 57.5 Å². The molecule has 1 aliphatic rings. The number of hydrogen-bond donors (Lipinski definition) is 2. The van der Waals surface area contributed by atoms with E-state index >= 15 is 0 Å². The number of thiophene rings is 1. The van der Waals surface area contributed by atoms with Crippen molar-refractivity contribution in [2.24, 2.45) is 12.8 Å². The number of hydrogen-bond acceptors (Lipinski definition) is 8. The average Bonchev–Trinajstić information content (AvgIpc) is 3.39. The maximum atomic E-state index is 13.6. The zero-order valence-electron chi connectivity index (χ0n) is 18.7. The zero-order chi connectivity index (χ0) is 25.5. The number of primary amides is 1. The van der Waals surface area contributed by atoms with E-state index in [0.717, 1.165) is 11.3 Å². The van der Waals surface area contributed by atoms with Crippen molar-refractivity contribution in [2.45, 2.75) is 36.9 Å². The molecule has 1 fully saturated rings. The number of carbonyl (C=O) groups is 1. The first-order valence-corrected chi connectivity index (χ1v) is 12.7. The van der Waals surface area contributed by atoms with Gasteiger partial charge in [-0.1, -0.05) is 0 Å². The van der Waals surface area contributed by atoms with Gasteiger partial charge in [0, 0.05) is 43.4 Å². The van der Waals surface area contributed by atoms with E-state index in [4.69, 9.17) is 5.73 Å². The number of carbonyl (C=O) groups excluding carboxylic acids is 1. The molecule has 10 nitrogen and oxygen atoms in total. The van der Waals surface area contributed by atoms with Gasteiger partial charge in [0.25, 0.3) is 0 Å². The molecule has 4 heterocycles. The molecule has 0 aromatic carbocycles. The van der Waals surface area contributed by atoms with Gasteiger partial charge in [-0.2, -0.15) is 22.6 Å². The van der Waals surface area contributed by atoms with Crippen LogP contribution in [0.15, 0.2) is 29.6 Å². The lowest BCUT2D eigenvalue weighted by molar-refractivity contribution is -0.137. The Morgan fingerprint density at radius 3 is 2.49 bits per heavy atom. The summed E-state index contributed by atoms with van der Waals surface area (Å²) in [6.45, 7) is 2.03. The summed E-state index contributed by atoms with van der Waals surface area (Å²) >= 11 is 0.984. The van der Waals surface area contributed by atoms with Gasteiger partial charge in [-0.05, 0) is 25.8 Å². The number of halogens is 3. The molecular weight excluding hydrogens is 507 g/mol. The third-order valence-electron chi connectivity index (χ3n) is 5.62. The number of sulfonamides is 1. The second kappa shape index (κ2) is 9.20. The van der Waals surface area contributed by atoms with E-state index < -0.39 is 27.7 Å². The van der Waals surface area contributed by atoms with E-state index in [1.165, 1.54) is 27.4 Å². The molecule has 3 N–H and O–H groups in total. The highest BCUT2D eigenvalue weighted by Crippen LogP contribution is 2.39. The molecule has 0 atom stereocenters. The monoisotopic (exact) mass is 529 g/mol. The topological polar surface area (TPSA) is 136 Å². The normalized spacial score (nSPS) is 15.9. The first kappa shape index (κ1) is 25.1. The SMILES string of the molecule is Cc1sc(-c2nc(NC3CCN(S(=O)(=O)c4cnn(C)c4)CC3)ncc2C(F)(F)F)cc1C(N)=O. The first-order valence-electron chi connectivity index (χ1n) is 10.5. The third-order valence-corrected chi connectivity index (χ3v) is 8.53. The molecule has 0 aliphatic carbocycles. The Morgan fingerprint density at radius 1 is 1.26 bits per heavy atom. The van der Waals surface area contributed by atoms with Crippen LogP contribution in [-0.2, 0) is 23.2 Å². The molecule has 3 aromatic heterocycles. The quantitative estimate of drug-likeness (QED) is 0.501. The van der Waals surface area contributed by atoms with E-state index in [1.807, 2.05) is 0 Å². The Kier molecular flexibility index (Phi) is 6.59. The number of nitrogens with one attached hydrogen (secondary N) is 1. The fourth-order valence-electron chi connectivity index (χ4n) is 3.79. The van der Waals surface area contributed by atoms with Crippen LogP contribution in [0.1, 0.15) is 33.6 Å². The summed E-state index contributed by atoms with van der Waals surface area (Å²) in [6.07, 6.45) is -0.483. The number of nitrogens with two attached hydrogens (primary N) is 1. The standard InChI is InChI=1S/C20H22F3N7O3S2/c1-11-14(18(24)31)7-16(34-11)17-15(20(21,22)23)9-25-19(28-17)27-12-3-5-30(6-4-12)35(32,33)13-8-26-29(2)10-13/h7-10,12H,3-6H2,1-2H3,(H2,24,31)(H,25,27,28). The maximum absolute atomic E-state index is 13.6. The number of rotatable bonds is 6. The van der Waals surface area contributed by atoms with Crippen molar-refractivity contribution in [3.63, 3.8) is 0 Å². The van der Waals surface area contributed by atoms with Gasteiger partial charge in [-0.3, -0.25) is 9.48 Å². The molecule has 0 saturated carbocycles. The van der Waals surface area contributed by atoms with Crippen molar-refractivity contribution in [1.82, 2.24) is 24.1 Å². The smallest absolute Gasteiger partial charge is 0.366 e. The summed E-state index contributed by atoms with van der Waals surface area (Å²) in [5, 5.41) is 6.91. The predicted molar refractivity (Wildman–Crippen MR) is 122 cm³/mol. The summed E-state index contributed by atoms with van der Waals surface area (Å²) in [6, 6.07) is 1.05. The number of anilines is 1. The molecule has 188 valence electrons. The molecular formula is C20H22F3N7O3S2. The number of alkyl halides is 3. The minimum atomic E-state index is -4.70. The van der Waals surface area contributed by atoms with Gasteiger partial charge in [0.15, 0.2) is 0 Å². The second-order valence-electron chi connectivity index (χ2n) is 8.07. The van der Waals surface area contributed by atoms with Crippen LogP contribution in [0.2, 0.25) is 0 Å². The van der Waals surface area contributed by atoms with E-state index in [-0.39, 0.29) is 46.1 Å². The van der Waals surface area contributed by atoms with Crippen LogP contribution in [0.25, 0.3) is 10.6 Å². The largest absolute Gasteiger partial charge is 0.420 e. The second-order valence-corrected chi connectivity index (χ2v) is 11.3. The van der Waals surface area contributed by atoms with Crippen LogP contribution >= 0.6 is 11.3 Å². The Morgan fingerprint density at radius 2 is 1.94 bits per heavy atom. The van der Waals surface area contributed by atoms with Crippen molar-refractivity contribution in [1.29, 1.82) is 0 Å². The molecule has 1 saturated heterocycles. The maximum Gasteiger partial charge on any atom is 0.420 e. The molecule has 0 bridgehead atoms. The summed E-state index contributed by atoms with van der Waals surface area (Å²) in [4.78, 5) is 20.2. The number of piperidine rings is 1. The fraction of sp³-hybridized carbons (Fsp3) is 0.400. The molecule has 3 aromatic rings. The van der Waals surface area contributed by atoms with Crippen LogP contribution in [0, 0.1) is 6.92 Å². The minimum Gasteiger partial charge on any atom is -0.366 e. The van der Waals surface area contributed by atoms with Gasteiger partial charge in [-0.25, -0.2) is 18.4 Å². The average molecular weight is 530 g/mol. The molecule has 15 heteroatoms. The number of amides is 1. The number of aromatic nitrogens is 4. The molecule has 4 rings (SSSR count). The van der Waals surface area contributed by atoms with Gasteiger partial charge < -0.3 is 11.1 Å². The molecule has 0 radical (unpaired) electrons. The van der Waals surface area contributed by atoms with E-state index in [0.29, 0.717) is 23.9 Å². The van der Waals surface area contributed by atoms with Crippen molar-refractivity contribution < 1.29 is 26.4 Å². The molecule has 0 unspecified atom stereocenters. The highest BCUT2D eigenvalue weighted by molar-refractivity contribution is 7.89.